The average molecular weight is 537 g/mol. The first-order chi connectivity index (χ1) is 18.2. The van der Waals surface area contributed by atoms with Gasteiger partial charge in [-0.3, -0.25) is 34.2 Å². The number of likely N-dealkylation sites (tertiary alicyclic amines) is 1. The van der Waals surface area contributed by atoms with Crippen LogP contribution in [0.5, 0.6) is 11.5 Å². The van der Waals surface area contributed by atoms with Crippen LogP contribution in [0.3, 0.4) is 0 Å². The summed E-state index contributed by atoms with van der Waals surface area (Å²) in [4.78, 5) is 62.5. The van der Waals surface area contributed by atoms with Gasteiger partial charge in [-0.1, -0.05) is 29.8 Å². The number of nitro benzene ring substituents is 1. The minimum Gasteiger partial charge on any atom is -0.456 e. The highest BCUT2D eigenvalue weighted by Gasteiger charge is 2.67. The number of hydrogen-bond acceptors (Lipinski definition) is 8. The summed E-state index contributed by atoms with van der Waals surface area (Å²) in [6.07, 6.45) is 5.16. The first-order valence-electron chi connectivity index (χ1n) is 12.2. The second-order valence-electron chi connectivity index (χ2n) is 9.97. The number of halogens is 1. The quantitative estimate of drug-likeness (QED) is 0.124. The molecule has 2 aromatic rings. The number of para-hydroxylation sites is 1. The number of hydrogen-bond donors (Lipinski definition) is 0. The van der Waals surface area contributed by atoms with Gasteiger partial charge in [0.1, 0.15) is 12.3 Å². The van der Waals surface area contributed by atoms with Gasteiger partial charge in [0.05, 0.1) is 21.8 Å². The second kappa shape index (κ2) is 9.05. The predicted octanol–water partition coefficient (Wildman–Crippen LogP) is 3.82. The number of carbonyl (C=O) groups is 4. The summed E-state index contributed by atoms with van der Waals surface area (Å²) in [5.41, 5.74) is -0.0977. The van der Waals surface area contributed by atoms with Crippen molar-refractivity contribution in [3.63, 3.8) is 0 Å². The lowest BCUT2D eigenvalue weighted by Crippen LogP contribution is -2.40. The van der Waals surface area contributed by atoms with Gasteiger partial charge in [-0.2, -0.15) is 0 Å². The number of benzene rings is 2. The zero-order valence-corrected chi connectivity index (χ0v) is 20.6. The molecule has 5 aliphatic rings. The molecule has 10 nitrogen and oxygen atoms in total. The molecule has 0 N–H and O–H groups in total. The first-order valence-corrected chi connectivity index (χ1v) is 12.6. The van der Waals surface area contributed by atoms with Crippen molar-refractivity contribution in [2.75, 3.05) is 13.2 Å². The largest absolute Gasteiger partial charge is 0.456 e. The summed E-state index contributed by atoms with van der Waals surface area (Å²) in [5, 5.41) is 11.3. The fourth-order valence-electron chi connectivity index (χ4n) is 6.15. The number of nitrogens with zero attached hydrogens (tertiary/aromatic N) is 2. The number of ketones is 1. The van der Waals surface area contributed by atoms with E-state index in [1.54, 1.807) is 0 Å². The maximum atomic E-state index is 13.0. The number of allylic oxidation sites excluding steroid dienone is 2. The number of Topliss-reactive ketones (excluding diaryl/α,β-unsaturated/α-hetero) is 1. The lowest BCUT2D eigenvalue weighted by molar-refractivity contribution is -0.385. The van der Waals surface area contributed by atoms with E-state index >= 15 is 0 Å². The normalized spacial score (nSPS) is 28.1. The van der Waals surface area contributed by atoms with Gasteiger partial charge in [-0.15, -0.1) is 0 Å². The fraction of sp³-hybridized carbons (Fsp3) is 0.333. The molecule has 0 unspecified atom stereocenters. The fourth-order valence-corrected chi connectivity index (χ4v) is 6.36. The van der Waals surface area contributed by atoms with Crippen LogP contribution in [0.15, 0.2) is 54.6 Å². The molecule has 0 aromatic heterocycles. The molecular weight excluding hydrogens is 516 g/mol. The van der Waals surface area contributed by atoms with E-state index in [4.69, 9.17) is 21.1 Å². The summed E-state index contributed by atoms with van der Waals surface area (Å²) in [5.74, 6) is -1.68. The zero-order chi connectivity index (χ0) is 26.7. The third kappa shape index (κ3) is 3.96. The van der Waals surface area contributed by atoms with Crippen LogP contribution >= 0.6 is 11.6 Å². The van der Waals surface area contributed by atoms with Crippen LogP contribution in [-0.4, -0.2) is 46.5 Å². The number of imide groups is 1. The van der Waals surface area contributed by atoms with Crippen LogP contribution in [0.4, 0.5) is 5.69 Å². The van der Waals surface area contributed by atoms with E-state index in [0.29, 0.717) is 11.8 Å². The highest BCUT2D eigenvalue weighted by molar-refractivity contribution is 6.32. The van der Waals surface area contributed by atoms with Crippen molar-refractivity contribution in [2.45, 2.75) is 6.42 Å². The van der Waals surface area contributed by atoms with Crippen molar-refractivity contribution in [3.05, 3.63) is 75.3 Å². The number of esters is 1. The predicted molar refractivity (Wildman–Crippen MR) is 131 cm³/mol. The van der Waals surface area contributed by atoms with Gasteiger partial charge in [-0.25, -0.2) is 0 Å². The van der Waals surface area contributed by atoms with Crippen LogP contribution in [0.2, 0.25) is 5.02 Å². The maximum absolute atomic E-state index is 13.0. The molecule has 11 heteroatoms. The van der Waals surface area contributed by atoms with Crippen molar-refractivity contribution < 1.29 is 33.6 Å². The molecule has 6 atom stereocenters. The zero-order valence-electron chi connectivity index (χ0n) is 19.8. The summed E-state index contributed by atoms with van der Waals surface area (Å²) in [7, 11) is 0. The topological polar surface area (TPSA) is 133 Å². The van der Waals surface area contributed by atoms with Crippen molar-refractivity contribution in [1.82, 2.24) is 4.90 Å². The highest BCUT2D eigenvalue weighted by Crippen LogP contribution is 2.65. The summed E-state index contributed by atoms with van der Waals surface area (Å²) in [6.45, 7) is -1.09. The van der Waals surface area contributed by atoms with Crippen LogP contribution < -0.4 is 4.74 Å². The van der Waals surface area contributed by atoms with E-state index in [1.165, 1.54) is 42.5 Å². The SMILES string of the molecule is O=C(CN1C(=O)[C@@H]2[C@@H]3C=C[C@H]([C@@H]4C[C@H]34)[C@H]2C1=O)OCC(=O)c1ccc(Oc2c(Cl)cccc2[N+](=O)[O-])cc1. The maximum Gasteiger partial charge on any atom is 0.326 e. The first kappa shape index (κ1) is 24.3. The minimum atomic E-state index is -0.838. The van der Waals surface area contributed by atoms with E-state index in [9.17, 15) is 29.3 Å². The monoisotopic (exact) mass is 536 g/mol. The summed E-state index contributed by atoms with van der Waals surface area (Å²) >= 11 is 6.04. The minimum absolute atomic E-state index is 0.0567. The average Bonchev–Trinajstić information content (AvgIpc) is 3.69. The number of amides is 2. The number of carbonyl (C=O) groups excluding carboxylic acids is 4. The molecule has 2 bridgehead atoms. The van der Waals surface area contributed by atoms with E-state index in [1.807, 2.05) is 0 Å². The Morgan fingerprint density at radius 2 is 1.63 bits per heavy atom. The van der Waals surface area contributed by atoms with Crippen LogP contribution in [-0.2, 0) is 19.1 Å². The smallest absolute Gasteiger partial charge is 0.326 e. The number of nitro groups is 1. The number of ether oxygens (including phenoxy) is 2. The molecule has 3 fully saturated rings. The van der Waals surface area contributed by atoms with Gasteiger partial charge in [0.15, 0.2) is 12.4 Å². The van der Waals surface area contributed by atoms with Crippen LogP contribution in [0, 0.1) is 45.6 Å². The molecular formula is C27H21ClN2O8. The van der Waals surface area contributed by atoms with Crippen LogP contribution in [0.25, 0.3) is 0 Å². The molecule has 2 aromatic carbocycles. The van der Waals surface area contributed by atoms with Gasteiger partial charge >= 0.3 is 11.7 Å². The molecule has 194 valence electrons. The van der Waals surface area contributed by atoms with Crippen molar-refractivity contribution in [3.8, 4) is 11.5 Å². The standard InChI is InChI=1S/C27H21ClN2O8/c28-19-2-1-3-20(30(35)36)25(19)38-14-6-4-13(5-7-14)21(31)12-37-22(32)11-29-26(33)23-15-8-9-16(18-10-17(15)18)24(23)27(29)34/h1-9,15-18,23-24H,10-12H2/t15-,16-,17-,18+,23-,24-/m1/s1. The van der Waals surface area contributed by atoms with E-state index < -0.39 is 41.7 Å². The Hall–Kier alpha value is -4.05. The Kier molecular flexibility index (Phi) is 5.79. The molecule has 2 saturated carbocycles. The molecule has 38 heavy (non-hydrogen) atoms. The van der Waals surface area contributed by atoms with E-state index in [-0.39, 0.29) is 51.4 Å². The Labute approximate surface area is 221 Å². The second-order valence-corrected chi connectivity index (χ2v) is 10.4. The number of rotatable bonds is 8. The van der Waals surface area contributed by atoms with Crippen molar-refractivity contribution in [1.29, 1.82) is 0 Å². The summed E-state index contributed by atoms with van der Waals surface area (Å²) in [6, 6.07) is 9.84. The van der Waals surface area contributed by atoms with Crippen molar-refractivity contribution in [2.24, 2.45) is 35.5 Å². The highest BCUT2D eigenvalue weighted by atomic mass is 35.5. The molecule has 1 aliphatic heterocycles. The van der Waals surface area contributed by atoms with Gasteiger partial charge in [0.2, 0.25) is 17.6 Å². The van der Waals surface area contributed by atoms with Gasteiger partial charge < -0.3 is 9.47 Å². The molecule has 2 amide bonds. The van der Waals surface area contributed by atoms with E-state index in [2.05, 4.69) is 12.2 Å². The van der Waals surface area contributed by atoms with E-state index in [0.717, 1.165) is 11.3 Å². The Balaban J connectivity index is 1.04. The Bertz CT molecular complexity index is 1380. The lowest BCUT2D eigenvalue weighted by Gasteiger charge is -2.37. The molecule has 1 saturated heterocycles. The summed E-state index contributed by atoms with van der Waals surface area (Å²) < 4.78 is 10.6. The third-order valence-electron chi connectivity index (χ3n) is 7.94. The molecule has 0 radical (unpaired) electrons. The van der Waals surface area contributed by atoms with Crippen LogP contribution in [0.1, 0.15) is 16.8 Å². The van der Waals surface area contributed by atoms with Crippen molar-refractivity contribution >= 4 is 40.9 Å². The Morgan fingerprint density at radius 1 is 1.00 bits per heavy atom. The molecule has 0 spiro atoms. The molecule has 7 rings (SSSR count). The lowest BCUT2D eigenvalue weighted by atomic mass is 9.63. The van der Waals surface area contributed by atoms with Gasteiger partial charge in [0.25, 0.3) is 0 Å². The Morgan fingerprint density at radius 3 is 2.24 bits per heavy atom. The molecule has 4 aliphatic carbocycles. The third-order valence-corrected chi connectivity index (χ3v) is 8.24. The van der Waals surface area contributed by atoms with Gasteiger partial charge in [-0.05, 0) is 60.4 Å². The van der Waals surface area contributed by atoms with Gasteiger partial charge in [0, 0.05) is 11.6 Å². The molecule has 1 heterocycles.